The van der Waals surface area contributed by atoms with Gasteiger partial charge in [0.2, 0.25) is 0 Å². The molecule has 0 aromatic heterocycles. The van der Waals surface area contributed by atoms with E-state index in [-0.39, 0.29) is 24.6 Å². The molecule has 0 saturated carbocycles. The van der Waals surface area contributed by atoms with Crippen molar-refractivity contribution in [2.24, 2.45) is 5.92 Å². The van der Waals surface area contributed by atoms with E-state index in [0.29, 0.717) is 23.8 Å². The standard InChI is InChI=1S/C34H39N3O5/c38-33(31-11-5-2-6-12-31)18-15-30(29-9-3-1-4-10-29)21-25-35-23-19-27(20-24-35)8-7-22-36(34(39)40)26-28-13-16-32(17-14-28)37(41)42/h1-14,16-17,27,30H,15,18-26H2,(H,39,40)/p-1. The van der Waals surface area contributed by atoms with Gasteiger partial charge in [0.15, 0.2) is 5.78 Å². The van der Waals surface area contributed by atoms with Gasteiger partial charge in [0.1, 0.15) is 6.09 Å². The molecule has 0 aliphatic carbocycles. The van der Waals surface area contributed by atoms with Gasteiger partial charge in [-0.3, -0.25) is 14.9 Å². The third-order valence-electron chi connectivity index (χ3n) is 8.03. The number of allylic oxidation sites excluding steroid dienone is 1. The summed E-state index contributed by atoms with van der Waals surface area (Å²) in [6.45, 7) is 3.25. The zero-order valence-electron chi connectivity index (χ0n) is 23.8. The Morgan fingerprint density at radius 1 is 0.929 bits per heavy atom. The highest BCUT2D eigenvalue weighted by Crippen LogP contribution is 2.27. The molecule has 1 heterocycles. The Labute approximate surface area is 247 Å². The largest absolute Gasteiger partial charge is 0.530 e. The maximum Gasteiger partial charge on any atom is 0.269 e. The molecule has 1 fully saturated rings. The first kappa shape index (κ1) is 30.7. The monoisotopic (exact) mass is 568 g/mol. The topological polar surface area (TPSA) is 107 Å². The van der Waals surface area contributed by atoms with Crippen LogP contribution in [0.2, 0.25) is 0 Å². The molecular weight excluding hydrogens is 530 g/mol. The predicted octanol–water partition coefficient (Wildman–Crippen LogP) is 5.85. The first-order valence-corrected chi connectivity index (χ1v) is 14.6. The van der Waals surface area contributed by atoms with Crippen molar-refractivity contribution >= 4 is 17.6 Å². The summed E-state index contributed by atoms with van der Waals surface area (Å²) in [7, 11) is 0. The van der Waals surface area contributed by atoms with Crippen molar-refractivity contribution in [2.45, 2.75) is 44.6 Å². The number of nitrogens with zero attached hydrogens (tertiary/aromatic N) is 3. The summed E-state index contributed by atoms with van der Waals surface area (Å²) in [6.07, 6.45) is 7.08. The third kappa shape index (κ3) is 9.38. The molecule has 4 rings (SSSR count). The van der Waals surface area contributed by atoms with Gasteiger partial charge in [-0.05, 0) is 68.3 Å². The number of carboxylic acid groups (broad SMARTS) is 1. The molecule has 0 N–H and O–H groups in total. The van der Waals surface area contributed by atoms with Crippen LogP contribution in [-0.2, 0) is 6.54 Å². The predicted molar refractivity (Wildman–Crippen MR) is 161 cm³/mol. The molecule has 1 atom stereocenters. The second kappa shape index (κ2) is 15.6. The minimum absolute atomic E-state index is 0.0289. The summed E-state index contributed by atoms with van der Waals surface area (Å²) >= 11 is 0. The molecule has 1 aliphatic heterocycles. The molecule has 1 saturated heterocycles. The molecule has 1 amide bonds. The quantitative estimate of drug-likeness (QED) is 0.105. The average Bonchev–Trinajstić information content (AvgIpc) is 3.02. The van der Waals surface area contributed by atoms with Gasteiger partial charge in [-0.1, -0.05) is 84.9 Å². The molecule has 1 aliphatic rings. The Morgan fingerprint density at radius 2 is 1.57 bits per heavy atom. The van der Waals surface area contributed by atoms with Gasteiger partial charge >= 0.3 is 0 Å². The number of piperidine rings is 1. The van der Waals surface area contributed by atoms with Gasteiger partial charge in [-0.25, -0.2) is 0 Å². The van der Waals surface area contributed by atoms with Crippen LogP contribution in [0, 0.1) is 16.0 Å². The molecule has 8 heteroatoms. The SMILES string of the molecule is O=C(CCC(CCN1CCC(C=CCN(Cc2ccc([N+](=O)[O-])cc2)C(=O)[O-])CC1)c1ccccc1)c1ccccc1. The van der Waals surface area contributed by atoms with Gasteiger partial charge < -0.3 is 19.7 Å². The van der Waals surface area contributed by atoms with E-state index in [9.17, 15) is 24.8 Å². The number of non-ortho nitro benzene ring substituents is 1. The van der Waals surface area contributed by atoms with E-state index in [1.807, 2.05) is 42.5 Å². The molecule has 3 aromatic carbocycles. The van der Waals surface area contributed by atoms with Crippen molar-refractivity contribution < 1.29 is 19.6 Å². The Morgan fingerprint density at radius 3 is 2.19 bits per heavy atom. The Kier molecular flexibility index (Phi) is 11.4. The summed E-state index contributed by atoms with van der Waals surface area (Å²) < 4.78 is 0. The van der Waals surface area contributed by atoms with Crippen LogP contribution in [0.3, 0.4) is 0 Å². The van der Waals surface area contributed by atoms with Crippen LogP contribution in [0.5, 0.6) is 0 Å². The van der Waals surface area contributed by atoms with Gasteiger partial charge in [0, 0.05) is 37.2 Å². The number of nitro benzene ring substituents is 1. The normalized spacial score (nSPS) is 15.0. The molecule has 0 radical (unpaired) electrons. The van der Waals surface area contributed by atoms with Crippen molar-refractivity contribution in [1.29, 1.82) is 0 Å². The zero-order valence-corrected chi connectivity index (χ0v) is 23.8. The van der Waals surface area contributed by atoms with Crippen LogP contribution in [0.4, 0.5) is 10.5 Å². The summed E-state index contributed by atoms with van der Waals surface area (Å²) in [6, 6.07) is 25.8. The van der Waals surface area contributed by atoms with Crippen LogP contribution >= 0.6 is 0 Å². The minimum atomic E-state index is -1.27. The summed E-state index contributed by atoms with van der Waals surface area (Å²) in [4.78, 5) is 38.4. The number of rotatable bonds is 14. The lowest BCUT2D eigenvalue weighted by Gasteiger charge is -2.32. The number of amides is 1. The van der Waals surface area contributed by atoms with E-state index in [2.05, 4.69) is 35.2 Å². The highest BCUT2D eigenvalue weighted by atomic mass is 16.6. The third-order valence-corrected chi connectivity index (χ3v) is 8.03. The van der Waals surface area contributed by atoms with Gasteiger partial charge in [0.25, 0.3) is 5.69 Å². The number of carbonyl (C=O) groups excluding carboxylic acids is 2. The number of nitro groups is 1. The van der Waals surface area contributed by atoms with Crippen LogP contribution < -0.4 is 5.11 Å². The number of hydrogen-bond acceptors (Lipinski definition) is 6. The molecule has 42 heavy (non-hydrogen) atoms. The smallest absolute Gasteiger partial charge is 0.269 e. The van der Waals surface area contributed by atoms with E-state index in [4.69, 9.17) is 0 Å². The number of benzene rings is 3. The lowest BCUT2D eigenvalue weighted by atomic mass is 9.88. The highest BCUT2D eigenvalue weighted by Gasteiger charge is 2.20. The second-order valence-corrected chi connectivity index (χ2v) is 10.9. The van der Waals surface area contributed by atoms with Crippen molar-refractivity contribution in [3.05, 3.63) is 124 Å². The number of ketones is 1. The van der Waals surface area contributed by atoms with Gasteiger partial charge in [-0.2, -0.15) is 0 Å². The fraction of sp³-hybridized carbons (Fsp3) is 0.353. The fourth-order valence-corrected chi connectivity index (χ4v) is 5.51. The van der Waals surface area contributed by atoms with E-state index in [1.165, 1.54) is 22.6 Å². The van der Waals surface area contributed by atoms with Gasteiger partial charge in [0.05, 0.1) is 4.92 Å². The van der Waals surface area contributed by atoms with E-state index >= 15 is 0 Å². The highest BCUT2D eigenvalue weighted by molar-refractivity contribution is 5.96. The molecule has 220 valence electrons. The first-order valence-electron chi connectivity index (χ1n) is 14.6. The molecule has 0 bridgehead atoms. The molecule has 0 spiro atoms. The van der Waals surface area contributed by atoms with Crippen LogP contribution in [0.1, 0.15) is 59.5 Å². The first-order chi connectivity index (χ1) is 20.4. The maximum atomic E-state index is 12.7. The number of carbonyl (C=O) groups is 2. The average molecular weight is 569 g/mol. The molecular formula is C34H38N3O5-. The summed E-state index contributed by atoms with van der Waals surface area (Å²) in [5.41, 5.74) is 2.69. The Balaban J connectivity index is 1.23. The van der Waals surface area contributed by atoms with E-state index in [0.717, 1.165) is 50.9 Å². The van der Waals surface area contributed by atoms with Crippen LogP contribution in [-0.4, -0.2) is 52.8 Å². The molecule has 3 aromatic rings. The maximum absolute atomic E-state index is 12.7. The second-order valence-electron chi connectivity index (χ2n) is 10.9. The van der Waals surface area contributed by atoms with Crippen LogP contribution in [0.25, 0.3) is 0 Å². The summed E-state index contributed by atoms with van der Waals surface area (Å²) in [5.74, 6) is 0.898. The van der Waals surface area contributed by atoms with E-state index < -0.39 is 11.0 Å². The number of hydrogen-bond donors (Lipinski definition) is 0. The van der Waals surface area contributed by atoms with Crippen molar-refractivity contribution in [3.8, 4) is 0 Å². The fourth-order valence-electron chi connectivity index (χ4n) is 5.51. The van der Waals surface area contributed by atoms with Crippen molar-refractivity contribution in [3.63, 3.8) is 0 Å². The van der Waals surface area contributed by atoms with Crippen molar-refractivity contribution in [2.75, 3.05) is 26.2 Å². The number of likely N-dealkylation sites (tertiary alicyclic amines) is 1. The zero-order chi connectivity index (χ0) is 29.7. The van der Waals surface area contributed by atoms with E-state index in [1.54, 1.807) is 12.1 Å². The minimum Gasteiger partial charge on any atom is -0.530 e. The molecule has 8 nitrogen and oxygen atoms in total. The lowest BCUT2D eigenvalue weighted by molar-refractivity contribution is -0.384. The van der Waals surface area contributed by atoms with Crippen molar-refractivity contribution in [1.82, 2.24) is 9.80 Å². The Bertz CT molecular complexity index is 1320. The lowest BCUT2D eigenvalue weighted by Crippen LogP contribution is -2.40. The summed E-state index contributed by atoms with van der Waals surface area (Å²) in [5, 5.41) is 22.5. The van der Waals surface area contributed by atoms with Gasteiger partial charge in [-0.15, -0.1) is 0 Å². The molecule has 1 unspecified atom stereocenters. The van der Waals surface area contributed by atoms with Crippen LogP contribution in [0.15, 0.2) is 97.1 Å². The number of Topliss-reactive ketones (excluding diaryl/α,β-unsaturated/α-hetero) is 1. The Hall–Kier alpha value is -4.30.